The molecule has 132 valence electrons. The van der Waals surface area contributed by atoms with Gasteiger partial charge in [-0.3, -0.25) is 4.79 Å². The molecule has 0 spiro atoms. The zero-order valence-corrected chi connectivity index (χ0v) is 15.1. The third-order valence-electron chi connectivity index (χ3n) is 3.19. The number of carbonyl (C=O) groups excluding carboxylic acids is 2. The van der Waals surface area contributed by atoms with Crippen LogP contribution in [-0.2, 0) is 9.53 Å². The first-order chi connectivity index (χ1) is 11.8. The van der Waals surface area contributed by atoms with E-state index in [9.17, 15) is 9.59 Å². The van der Waals surface area contributed by atoms with Gasteiger partial charge < -0.3 is 14.8 Å². The summed E-state index contributed by atoms with van der Waals surface area (Å²) in [6.45, 7) is 5.34. The van der Waals surface area contributed by atoms with Crippen molar-refractivity contribution in [3.63, 3.8) is 0 Å². The number of aryl methyl sites for hydroxylation is 1. The molecule has 2 rings (SSSR count). The van der Waals surface area contributed by atoms with Gasteiger partial charge in [0.2, 0.25) is 0 Å². The van der Waals surface area contributed by atoms with Crippen molar-refractivity contribution in [3.05, 3.63) is 58.6 Å². The molecule has 2 aromatic carbocycles. The van der Waals surface area contributed by atoms with Crippen molar-refractivity contribution in [3.8, 4) is 5.75 Å². The number of esters is 1. The van der Waals surface area contributed by atoms with Crippen LogP contribution in [0.4, 0.5) is 5.69 Å². The molecule has 0 aromatic heterocycles. The van der Waals surface area contributed by atoms with Crippen LogP contribution in [0.2, 0.25) is 5.02 Å². The monoisotopic (exact) mass is 361 g/mol. The first-order valence-corrected chi connectivity index (χ1v) is 8.23. The predicted octanol–water partition coefficient (Wildman–Crippen LogP) is 4.23. The zero-order valence-electron chi connectivity index (χ0n) is 14.3. The standard InChI is InChI=1S/C19H20ClNO4/c1-12(2)25-15-7-5-14(6-8-15)19(23)24-11-18(22)21-17-9-4-13(3)10-16(17)20/h4-10,12H,11H2,1-3H3,(H,21,22). The molecule has 2 aromatic rings. The molecule has 0 aliphatic carbocycles. The van der Waals surface area contributed by atoms with Crippen molar-refractivity contribution >= 4 is 29.2 Å². The summed E-state index contributed by atoms with van der Waals surface area (Å²) >= 11 is 6.05. The lowest BCUT2D eigenvalue weighted by atomic mass is 10.2. The molecule has 1 amide bonds. The van der Waals surface area contributed by atoms with Crippen molar-refractivity contribution in [2.45, 2.75) is 26.9 Å². The molecule has 1 N–H and O–H groups in total. The van der Waals surface area contributed by atoms with Crippen molar-refractivity contribution in [1.29, 1.82) is 0 Å². The molecule has 5 nitrogen and oxygen atoms in total. The van der Waals surface area contributed by atoms with E-state index in [0.717, 1.165) is 5.56 Å². The van der Waals surface area contributed by atoms with Crippen LogP contribution in [0.15, 0.2) is 42.5 Å². The number of anilines is 1. The largest absolute Gasteiger partial charge is 0.491 e. The molecular formula is C19H20ClNO4. The van der Waals surface area contributed by atoms with Crippen LogP contribution < -0.4 is 10.1 Å². The maximum atomic E-state index is 12.0. The fourth-order valence-corrected chi connectivity index (χ4v) is 2.35. The molecule has 0 unspecified atom stereocenters. The summed E-state index contributed by atoms with van der Waals surface area (Å²) < 4.78 is 10.5. The maximum absolute atomic E-state index is 12.0. The summed E-state index contributed by atoms with van der Waals surface area (Å²) in [5.74, 6) is -0.376. The lowest BCUT2D eigenvalue weighted by Gasteiger charge is -2.10. The minimum Gasteiger partial charge on any atom is -0.491 e. The predicted molar refractivity (Wildman–Crippen MR) is 97.3 cm³/mol. The third kappa shape index (κ3) is 5.80. The van der Waals surface area contributed by atoms with Gasteiger partial charge in [-0.1, -0.05) is 17.7 Å². The van der Waals surface area contributed by atoms with Crippen molar-refractivity contribution in [1.82, 2.24) is 0 Å². The van der Waals surface area contributed by atoms with E-state index in [2.05, 4.69) is 5.32 Å². The molecule has 0 aliphatic rings. The molecule has 0 saturated heterocycles. The SMILES string of the molecule is Cc1ccc(NC(=O)COC(=O)c2ccc(OC(C)C)cc2)c(Cl)c1. The normalized spacial score (nSPS) is 10.4. The van der Waals surface area contributed by atoms with Gasteiger partial charge in [-0.15, -0.1) is 0 Å². The van der Waals surface area contributed by atoms with Crippen LogP contribution in [0.25, 0.3) is 0 Å². The van der Waals surface area contributed by atoms with E-state index < -0.39 is 18.5 Å². The van der Waals surface area contributed by atoms with Gasteiger partial charge in [-0.2, -0.15) is 0 Å². The molecular weight excluding hydrogens is 342 g/mol. The Morgan fingerprint density at radius 3 is 2.40 bits per heavy atom. The lowest BCUT2D eigenvalue weighted by molar-refractivity contribution is -0.119. The summed E-state index contributed by atoms with van der Waals surface area (Å²) in [5.41, 5.74) is 1.81. The number of rotatable bonds is 6. The molecule has 0 bridgehead atoms. The quantitative estimate of drug-likeness (QED) is 0.782. The first kappa shape index (κ1) is 18.8. The van der Waals surface area contributed by atoms with Crippen LogP contribution in [0, 0.1) is 6.92 Å². The maximum Gasteiger partial charge on any atom is 0.338 e. The van der Waals surface area contributed by atoms with E-state index in [1.54, 1.807) is 36.4 Å². The van der Waals surface area contributed by atoms with E-state index in [0.29, 0.717) is 22.0 Å². The van der Waals surface area contributed by atoms with Crippen LogP contribution in [-0.4, -0.2) is 24.6 Å². The number of benzene rings is 2. The molecule has 6 heteroatoms. The second kappa shape index (κ2) is 8.53. The molecule has 0 saturated carbocycles. The van der Waals surface area contributed by atoms with Gasteiger partial charge in [0, 0.05) is 0 Å². The second-order valence-electron chi connectivity index (χ2n) is 5.80. The highest BCUT2D eigenvalue weighted by Gasteiger charge is 2.12. The number of ether oxygens (including phenoxy) is 2. The molecule has 0 atom stereocenters. The number of carbonyl (C=O) groups is 2. The van der Waals surface area contributed by atoms with Crippen LogP contribution in [0.5, 0.6) is 5.75 Å². The van der Waals surface area contributed by atoms with Crippen molar-refractivity contribution < 1.29 is 19.1 Å². The molecule has 0 heterocycles. The minimum atomic E-state index is -0.582. The van der Waals surface area contributed by atoms with Crippen molar-refractivity contribution in [2.24, 2.45) is 0 Å². The van der Waals surface area contributed by atoms with Gasteiger partial charge in [-0.05, 0) is 62.7 Å². The molecule has 0 radical (unpaired) electrons. The van der Waals surface area contributed by atoms with Gasteiger partial charge in [0.25, 0.3) is 5.91 Å². The Morgan fingerprint density at radius 1 is 1.12 bits per heavy atom. The summed E-state index contributed by atoms with van der Waals surface area (Å²) in [6.07, 6.45) is 0.0510. The Hall–Kier alpha value is -2.53. The first-order valence-electron chi connectivity index (χ1n) is 7.85. The van der Waals surface area contributed by atoms with Crippen molar-refractivity contribution in [2.75, 3.05) is 11.9 Å². The lowest BCUT2D eigenvalue weighted by Crippen LogP contribution is -2.21. The summed E-state index contributed by atoms with van der Waals surface area (Å²) in [7, 11) is 0. The van der Waals surface area contributed by atoms with E-state index >= 15 is 0 Å². The zero-order chi connectivity index (χ0) is 18.4. The molecule has 25 heavy (non-hydrogen) atoms. The van der Waals surface area contributed by atoms with Gasteiger partial charge >= 0.3 is 5.97 Å². The second-order valence-corrected chi connectivity index (χ2v) is 6.21. The van der Waals surface area contributed by atoms with Crippen LogP contribution >= 0.6 is 11.6 Å². The van der Waals surface area contributed by atoms with Gasteiger partial charge in [0.1, 0.15) is 5.75 Å². The highest BCUT2D eigenvalue weighted by Crippen LogP contribution is 2.22. The summed E-state index contributed by atoms with van der Waals surface area (Å²) in [6, 6.07) is 11.8. The number of hydrogen-bond acceptors (Lipinski definition) is 4. The summed E-state index contributed by atoms with van der Waals surface area (Å²) in [4.78, 5) is 23.9. The van der Waals surface area contributed by atoms with Crippen LogP contribution in [0.3, 0.4) is 0 Å². The Bertz CT molecular complexity index is 757. The van der Waals surface area contributed by atoms with E-state index in [1.165, 1.54) is 0 Å². The Kier molecular flexibility index (Phi) is 6.42. The van der Waals surface area contributed by atoms with E-state index in [1.807, 2.05) is 26.8 Å². The smallest absolute Gasteiger partial charge is 0.338 e. The fourth-order valence-electron chi connectivity index (χ4n) is 2.06. The number of amides is 1. The fraction of sp³-hybridized carbons (Fsp3) is 0.263. The average molecular weight is 362 g/mol. The van der Waals surface area contributed by atoms with Gasteiger partial charge in [0.05, 0.1) is 22.4 Å². The Balaban J connectivity index is 1.87. The summed E-state index contributed by atoms with van der Waals surface area (Å²) in [5, 5.41) is 3.04. The Morgan fingerprint density at radius 2 is 1.80 bits per heavy atom. The minimum absolute atomic E-state index is 0.0510. The molecule has 0 aliphatic heterocycles. The number of halogens is 1. The average Bonchev–Trinajstić information content (AvgIpc) is 2.55. The van der Waals surface area contributed by atoms with E-state index in [-0.39, 0.29) is 6.10 Å². The number of nitrogens with one attached hydrogen (secondary N) is 1. The topological polar surface area (TPSA) is 64.6 Å². The van der Waals surface area contributed by atoms with Gasteiger partial charge in [-0.25, -0.2) is 4.79 Å². The van der Waals surface area contributed by atoms with E-state index in [4.69, 9.17) is 21.1 Å². The Labute approximate surface area is 151 Å². The van der Waals surface area contributed by atoms with Gasteiger partial charge in [0.15, 0.2) is 6.61 Å². The van der Waals surface area contributed by atoms with Crippen LogP contribution in [0.1, 0.15) is 29.8 Å². The highest BCUT2D eigenvalue weighted by molar-refractivity contribution is 6.33. The highest BCUT2D eigenvalue weighted by atomic mass is 35.5. The third-order valence-corrected chi connectivity index (χ3v) is 3.51. The molecule has 0 fully saturated rings. The number of hydrogen-bond donors (Lipinski definition) is 1.